The average molecular weight is 387 g/mol. The van der Waals surface area contributed by atoms with Crippen LogP contribution in [0.1, 0.15) is 24.1 Å². The summed E-state index contributed by atoms with van der Waals surface area (Å²) in [4.78, 5) is 0. The first-order chi connectivity index (χ1) is 9.12. The predicted molar refractivity (Wildman–Crippen MR) is 85.2 cm³/mol. The highest BCUT2D eigenvalue weighted by molar-refractivity contribution is 9.11. The molecule has 0 saturated heterocycles. The molecule has 2 rings (SSSR count). The van der Waals surface area contributed by atoms with Crippen molar-refractivity contribution in [3.05, 3.63) is 50.7 Å². The Kier molecular flexibility index (Phi) is 5.19. The molecule has 0 radical (unpaired) electrons. The molecule has 2 aromatic rings. The number of rotatable bonds is 5. The van der Waals surface area contributed by atoms with E-state index in [2.05, 4.69) is 67.5 Å². The Morgan fingerprint density at radius 1 is 1.26 bits per heavy atom. The van der Waals surface area contributed by atoms with Crippen molar-refractivity contribution >= 4 is 31.9 Å². The maximum absolute atomic E-state index is 4.32. The molecule has 0 saturated carbocycles. The van der Waals surface area contributed by atoms with Gasteiger partial charge in [-0.25, -0.2) is 0 Å². The summed E-state index contributed by atoms with van der Waals surface area (Å²) < 4.78 is 4.13. The quantitative estimate of drug-likeness (QED) is 0.843. The molecule has 1 aromatic carbocycles. The van der Waals surface area contributed by atoms with E-state index in [1.54, 1.807) is 0 Å². The number of halogens is 2. The van der Waals surface area contributed by atoms with E-state index in [0.29, 0.717) is 0 Å². The summed E-state index contributed by atoms with van der Waals surface area (Å²) in [5, 5.41) is 7.69. The van der Waals surface area contributed by atoms with Crippen molar-refractivity contribution in [2.75, 3.05) is 7.05 Å². The molecule has 1 unspecified atom stereocenters. The molecular weight excluding hydrogens is 370 g/mol. The van der Waals surface area contributed by atoms with Crippen LogP contribution in [0.4, 0.5) is 0 Å². The van der Waals surface area contributed by atoms with Gasteiger partial charge in [0, 0.05) is 27.7 Å². The average Bonchev–Trinajstić information content (AvgIpc) is 2.82. The summed E-state index contributed by atoms with van der Waals surface area (Å²) in [5.74, 6) is 0. The van der Waals surface area contributed by atoms with Crippen LogP contribution in [0, 0.1) is 0 Å². The molecule has 0 fully saturated rings. The van der Waals surface area contributed by atoms with Crippen LogP contribution in [0.2, 0.25) is 0 Å². The monoisotopic (exact) mass is 385 g/mol. The Labute approximate surface area is 130 Å². The SMILES string of the molecule is CCn1cc(CC(NC)c2cc(Br)cc(Br)c2)cn1. The van der Waals surface area contributed by atoms with Gasteiger partial charge in [-0.3, -0.25) is 4.68 Å². The molecule has 3 nitrogen and oxygen atoms in total. The van der Waals surface area contributed by atoms with Crippen LogP contribution in [-0.2, 0) is 13.0 Å². The Bertz CT molecular complexity index is 531. The van der Waals surface area contributed by atoms with Crippen molar-refractivity contribution in [2.45, 2.75) is 25.9 Å². The second-order valence-electron chi connectivity index (χ2n) is 4.45. The zero-order valence-corrected chi connectivity index (χ0v) is 14.2. The van der Waals surface area contributed by atoms with Gasteiger partial charge in [0.25, 0.3) is 0 Å². The van der Waals surface area contributed by atoms with E-state index in [9.17, 15) is 0 Å². The number of hydrogen-bond donors (Lipinski definition) is 1. The van der Waals surface area contributed by atoms with Gasteiger partial charge in [-0.1, -0.05) is 31.9 Å². The second-order valence-corrected chi connectivity index (χ2v) is 6.28. The summed E-state index contributed by atoms with van der Waals surface area (Å²) >= 11 is 7.07. The zero-order valence-electron chi connectivity index (χ0n) is 11.0. The summed E-state index contributed by atoms with van der Waals surface area (Å²) in [6, 6.07) is 6.63. The van der Waals surface area contributed by atoms with Crippen molar-refractivity contribution in [2.24, 2.45) is 0 Å². The Balaban J connectivity index is 2.19. The Hall–Kier alpha value is -0.650. The minimum atomic E-state index is 0.281. The van der Waals surface area contributed by atoms with Gasteiger partial charge in [-0.15, -0.1) is 0 Å². The first-order valence-electron chi connectivity index (χ1n) is 6.27. The summed E-state index contributed by atoms with van der Waals surface area (Å²) in [6.07, 6.45) is 4.98. The predicted octanol–water partition coefficient (Wildman–Crippen LogP) is 3.93. The third-order valence-corrected chi connectivity index (χ3v) is 4.00. The summed E-state index contributed by atoms with van der Waals surface area (Å²) in [7, 11) is 1.99. The molecule has 1 heterocycles. The summed E-state index contributed by atoms with van der Waals surface area (Å²) in [5.41, 5.74) is 2.50. The minimum absolute atomic E-state index is 0.281. The van der Waals surface area contributed by atoms with Crippen LogP contribution >= 0.6 is 31.9 Å². The molecule has 5 heteroatoms. The zero-order chi connectivity index (χ0) is 13.8. The standard InChI is InChI=1S/C14H17Br2N3/c1-3-19-9-10(8-18-19)4-14(17-2)11-5-12(15)7-13(16)6-11/h5-9,14,17H,3-4H2,1-2H3. The highest BCUT2D eigenvalue weighted by atomic mass is 79.9. The van der Waals surface area contributed by atoms with Crippen LogP contribution in [0.25, 0.3) is 0 Å². The van der Waals surface area contributed by atoms with Gasteiger partial charge in [0.15, 0.2) is 0 Å². The number of nitrogens with one attached hydrogen (secondary N) is 1. The molecule has 0 bridgehead atoms. The topological polar surface area (TPSA) is 29.9 Å². The molecule has 0 aliphatic carbocycles. The Morgan fingerprint density at radius 3 is 2.47 bits per heavy atom. The van der Waals surface area contributed by atoms with E-state index in [0.717, 1.165) is 21.9 Å². The van der Waals surface area contributed by atoms with Crippen LogP contribution < -0.4 is 5.32 Å². The molecule has 1 aromatic heterocycles. The van der Waals surface area contributed by atoms with Gasteiger partial charge < -0.3 is 5.32 Å². The lowest BCUT2D eigenvalue weighted by molar-refractivity contribution is 0.590. The number of likely N-dealkylation sites (N-methyl/N-ethyl adjacent to an activating group) is 1. The molecule has 0 spiro atoms. The first-order valence-corrected chi connectivity index (χ1v) is 7.85. The highest BCUT2D eigenvalue weighted by Crippen LogP contribution is 2.26. The highest BCUT2D eigenvalue weighted by Gasteiger charge is 2.12. The number of benzene rings is 1. The van der Waals surface area contributed by atoms with E-state index < -0.39 is 0 Å². The number of hydrogen-bond acceptors (Lipinski definition) is 2. The normalized spacial score (nSPS) is 12.6. The van der Waals surface area contributed by atoms with Crippen LogP contribution in [-0.4, -0.2) is 16.8 Å². The number of aryl methyl sites for hydroxylation is 1. The molecule has 1 N–H and O–H groups in total. The minimum Gasteiger partial charge on any atom is -0.313 e. The third kappa shape index (κ3) is 3.91. The van der Waals surface area contributed by atoms with Crippen molar-refractivity contribution in [1.82, 2.24) is 15.1 Å². The fourth-order valence-electron chi connectivity index (χ4n) is 2.08. The maximum Gasteiger partial charge on any atom is 0.0522 e. The van der Waals surface area contributed by atoms with Crippen LogP contribution in [0.15, 0.2) is 39.5 Å². The van der Waals surface area contributed by atoms with Crippen LogP contribution in [0.5, 0.6) is 0 Å². The van der Waals surface area contributed by atoms with Crippen molar-refractivity contribution in [3.8, 4) is 0 Å². The maximum atomic E-state index is 4.32. The fraction of sp³-hybridized carbons (Fsp3) is 0.357. The molecule has 19 heavy (non-hydrogen) atoms. The van der Waals surface area contributed by atoms with Crippen molar-refractivity contribution in [1.29, 1.82) is 0 Å². The third-order valence-electron chi connectivity index (χ3n) is 3.09. The van der Waals surface area contributed by atoms with E-state index in [1.165, 1.54) is 11.1 Å². The summed E-state index contributed by atoms with van der Waals surface area (Å²) in [6.45, 7) is 3.00. The van der Waals surface area contributed by atoms with Gasteiger partial charge in [-0.05, 0) is 49.7 Å². The van der Waals surface area contributed by atoms with E-state index in [-0.39, 0.29) is 6.04 Å². The smallest absolute Gasteiger partial charge is 0.0522 e. The van der Waals surface area contributed by atoms with E-state index in [4.69, 9.17) is 0 Å². The van der Waals surface area contributed by atoms with Crippen LogP contribution in [0.3, 0.4) is 0 Å². The lowest BCUT2D eigenvalue weighted by Crippen LogP contribution is -2.18. The fourth-order valence-corrected chi connectivity index (χ4v) is 3.41. The second kappa shape index (κ2) is 6.68. The number of nitrogens with zero attached hydrogens (tertiary/aromatic N) is 2. The van der Waals surface area contributed by atoms with Gasteiger partial charge in [0.1, 0.15) is 0 Å². The Morgan fingerprint density at radius 2 is 1.95 bits per heavy atom. The molecular formula is C14H17Br2N3. The molecule has 102 valence electrons. The first kappa shape index (κ1) is 14.8. The number of aromatic nitrogens is 2. The lowest BCUT2D eigenvalue weighted by Gasteiger charge is -2.16. The molecule has 0 aliphatic rings. The van der Waals surface area contributed by atoms with Gasteiger partial charge in [0.2, 0.25) is 0 Å². The van der Waals surface area contributed by atoms with Crippen molar-refractivity contribution < 1.29 is 0 Å². The van der Waals surface area contributed by atoms with Crippen molar-refractivity contribution in [3.63, 3.8) is 0 Å². The molecule has 0 aliphatic heterocycles. The molecule has 1 atom stereocenters. The lowest BCUT2D eigenvalue weighted by atomic mass is 10.0. The van der Waals surface area contributed by atoms with Gasteiger partial charge in [0.05, 0.1) is 6.20 Å². The largest absolute Gasteiger partial charge is 0.313 e. The van der Waals surface area contributed by atoms with Gasteiger partial charge in [-0.2, -0.15) is 5.10 Å². The van der Waals surface area contributed by atoms with E-state index in [1.807, 2.05) is 24.0 Å². The van der Waals surface area contributed by atoms with Gasteiger partial charge >= 0.3 is 0 Å². The van der Waals surface area contributed by atoms with E-state index >= 15 is 0 Å². The molecule has 0 amide bonds.